The van der Waals surface area contributed by atoms with Crippen LogP contribution in [0.15, 0.2) is 46.9 Å². The predicted octanol–water partition coefficient (Wildman–Crippen LogP) is 3.78. The number of aromatic nitrogens is 1. The van der Waals surface area contributed by atoms with E-state index in [2.05, 4.69) is 21.2 Å². The molecule has 26 heavy (non-hydrogen) atoms. The first kappa shape index (κ1) is 18.2. The lowest BCUT2D eigenvalue weighted by Gasteiger charge is -2.08. The van der Waals surface area contributed by atoms with Gasteiger partial charge in [-0.3, -0.25) is 14.2 Å². The van der Waals surface area contributed by atoms with Crippen LogP contribution in [-0.4, -0.2) is 28.0 Å². The summed E-state index contributed by atoms with van der Waals surface area (Å²) in [6.45, 7) is 4.22. The zero-order valence-electron chi connectivity index (χ0n) is 14.5. The number of carbonyl (C=O) groups excluding carboxylic acids is 2. The van der Waals surface area contributed by atoms with Gasteiger partial charge in [0.25, 0.3) is 5.91 Å². The number of amides is 1. The van der Waals surface area contributed by atoms with E-state index in [0.29, 0.717) is 28.7 Å². The number of phenolic OH excluding ortho intramolecular Hbond substituents is 1. The molecular formula is C20H19BrN2O3. The Balaban J connectivity index is 2.16. The monoisotopic (exact) mass is 414 g/mol. The van der Waals surface area contributed by atoms with Gasteiger partial charge in [-0.05, 0) is 61.9 Å². The Morgan fingerprint density at radius 1 is 1.15 bits per heavy atom. The van der Waals surface area contributed by atoms with Crippen LogP contribution in [0.25, 0.3) is 10.9 Å². The highest BCUT2D eigenvalue weighted by Crippen LogP contribution is 2.30. The van der Waals surface area contributed by atoms with E-state index in [0.717, 1.165) is 10.0 Å². The first-order valence-electron chi connectivity index (χ1n) is 8.32. The standard InChI is InChI=1S/C20H19BrN2O3/c1-3-22-19(25)11-16-12(2)23(18-9-8-15(24)10-17(16)18)20(26)13-4-6-14(21)7-5-13/h4-10,24H,3,11H2,1-2H3,(H,22,25). The summed E-state index contributed by atoms with van der Waals surface area (Å²) in [5.41, 5.74) is 2.66. The fourth-order valence-corrected chi connectivity index (χ4v) is 3.36. The molecule has 0 aliphatic carbocycles. The summed E-state index contributed by atoms with van der Waals surface area (Å²) in [6, 6.07) is 12.0. The summed E-state index contributed by atoms with van der Waals surface area (Å²) in [4.78, 5) is 25.2. The number of likely N-dealkylation sites (N-methyl/N-ethyl adjacent to an activating group) is 1. The zero-order valence-corrected chi connectivity index (χ0v) is 16.1. The number of benzene rings is 2. The Hall–Kier alpha value is -2.60. The molecule has 1 amide bonds. The number of hydrogen-bond acceptors (Lipinski definition) is 3. The summed E-state index contributed by atoms with van der Waals surface area (Å²) in [7, 11) is 0. The van der Waals surface area contributed by atoms with Gasteiger partial charge in [0.15, 0.2) is 0 Å². The largest absolute Gasteiger partial charge is 0.508 e. The van der Waals surface area contributed by atoms with Gasteiger partial charge in [0.2, 0.25) is 5.91 Å². The number of phenols is 1. The van der Waals surface area contributed by atoms with Crippen molar-refractivity contribution in [3.63, 3.8) is 0 Å². The van der Waals surface area contributed by atoms with Gasteiger partial charge in [-0.1, -0.05) is 15.9 Å². The maximum Gasteiger partial charge on any atom is 0.262 e. The van der Waals surface area contributed by atoms with E-state index in [1.807, 2.05) is 26.0 Å². The molecule has 3 aromatic rings. The van der Waals surface area contributed by atoms with Gasteiger partial charge >= 0.3 is 0 Å². The van der Waals surface area contributed by atoms with Crippen LogP contribution in [0.1, 0.15) is 28.5 Å². The molecule has 0 atom stereocenters. The molecule has 0 saturated heterocycles. The van der Waals surface area contributed by atoms with Crippen molar-refractivity contribution in [2.24, 2.45) is 0 Å². The molecular weight excluding hydrogens is 396 g/mol. The summed E-state index contributed by atoms with van der Waals surface area (Å²) in [6.07, 6.45) is 0.153. The minimum atomic E-state index is -0.173. The van der Waals surface area contributed by atoms with Gasteiger partial charge in [0.1, 0.15) is 5.75 Å². The molecule has 5 nitrogen and oxygen atoms in total. The van der Waals surface area contributed by atoms with Crippen molar-refractivity contribution in [3.8, 4) is 5.75 Å². The molecule has 2 aromatic carbocycles. The predicted molar refractivity (Wildman–Crippen MR) is 105 cm³/mol. The maximum atomic E-state index is 13.1. The second-order valence-corrected chi connectivity index (χ2v) is 6.96. The fraction of sp³-hybridized carbons (Fsp3) is 0.200. The van der Waals surface area contributed by atoms with Crippen LogP contribution in [0.4, 0.5) is 0 Å². The van der Waals surface area contributed by atoms with Crippen molar-refractivity contribution < 1.29 is 14.7 Å². The van der Waals surface area contributed by atoms with E-state index >= 15 is 0 Å². The topological polar surface area (TPSA) is 71.3 Å². The van der Waals surface area contributed by atoms with Crippen molar-refractivity contribution in [2.75, 3.05) is 6.54 Å². The number of fused-ring (bicyclic) bond motifs is 1. The van der Waals surface area contributed by atoms with E-state index in [1.54, 1.807) is 34.9 Å². The molecule has 0 aliphatic rings. The molecule has 2 N–H and O–H groups in total. The minimum Gasteiger partial charge on any atom is -0.508 e. The third-order valence-electron chi connectivity index (χ3n) is 4.32. The number of nitrogens with one attached hydrogen (secondary N) is 1. The molecule has 0 spiro atoms. The van der Waals surface area contributed by atoms with E-state index in [4.69, 9.17) is 0 Å². The highest BCUT2D eigenvalue weighted by Gasteiger charge is 2.21. The highest BCUT2D eigenvalue weighted by atomic mass is 79.9. The average molecular weight is 415 g/mol. The van der Waals surface area contributed by atoms with Crippen molar-refractivity contribution in [2.45, 2.75) is 20.3 Å². The molecule has 0 unspecified atom stereocenters. The van der Waals surface area contributed by atoms with Crippen molar-refractivity contribution >= 4 is 38.6 Å². The smallest absolute Gasteiger partial charge is 0.262 e. The lowest BCUT2D eigenvalue weighted by atomic mass is 10.1. The van der Waals surface area contributed by atoms with E-state index in [-0.39, 0.29) is 24.0 Å². The molecule has 0 aliphatic heterocycles. The van der Waals surface area contributed by atoms with E-state index in [9.17, 15) is 14.7 Å². The first-order valence-corrected chi connectivity index (χ1v) is 9.11. The van der Waals surface area contributed by atoms with Crippen LogP contribution in [0.2, 0.25) is 0 Å². The highest BCUT2D eigenvalue weighted by molar-refractivity contribution is 9.10. The van der Waals surface area contributed by atoms with Gasteiger partial charge in [0.05, 0.1) is 11.9 Å². The van der Waals surface area contributed by atoms with Gasteiger partial charge in [-0.15, -0.1) is 0 Å². The lowest BCUT2D eigenvalue weighted by molar-refractivity contribution is -0.120. The number of halogens is 1. The van der Waals surface area contributed by atoms with Crippen LogP contribution < -0.4 is 5.32 Å². The second-order valence-electron chi connectivity index (χ2n) is 6.04. The third-order valence-corrected chi connectivity index (χ3v) is 4.85. The van der Waals surface area contributed by atoms with Crippen molar-refractivity contribution in [1.29, 1.82) is 0 Å². The maximum absolute atomic E-state index is 13.1. The number of carbonyl (C=O) groups is 2. The normalized spacial score (nSPS) is 10.9. The SMILES string of the molecule is CCNC(=O)Cc1c(C)n(C(=O)c2ccc(Br)cc2)c2ccc(O)cc12. The Labute approximate surface area is 159 Å². The zero-order chi connectivity index (χ0) is 18.8. The molecule has 3 rings (SSSR count). The molecule has 1 aromatic heterocycles. The van der Waals surface area contributed by atoms with E-state index in [1.165, 1.54) is 0 Å². The Morgan fingerprint density at radius 2 is 1.85 bits per heavy atom. The minimum absolute atomic E-state index is 0.0999. The van der Waals surface area contributed by atoms with Crippen molar-refractivity contribution in [3.05, 3.63) is 63.8 Å². The van der Waals surface area contributed by atoms with Crippen molar-refractivity contribution in [1.82, 2.24) is 9.88 Å². The van der Waals surface area contributed by atoms with Crippen LogP contribution >= 0.6 is 15.9 Å². The van der Waals surface area contributed by atoms with Gasteiger partial charge < -0.3 is 10.4 Å². The number of hydrogen-bond donors (Lipinski definition) is 2. The van der Waals surface area contributed by atoms with Crippen LogP contribution in [0.3, 0.4) is 0 Å². The molecule has 0 bridgehead atoms. The lowest BCUT2D eigenvalue weighted by Crippen LogP contribution is -2.24. The molecule has 0 saturated carbocycles. The summed E-state index contributed by atoms with van der Waals surface area (Å²) >= 11 is 3.37. The number of rotatable bonds is 4. The van der Waals surface area contributed by atoms with Gasteiger partial charge in [-0.25, -0.2) is 0 Å². The number of nitrogens with zero attached hydrogens (tertiary/aromatic N) is 1. The Kier molecular flexibility index (Phi) is 5.13. The quantitative estimate of drug-likeness (QED) is 0.681. The third kappa shape index (κ3) is 3.37. The molecule has 1 heterocycles. The Morgan fingerprint density at radius 3 is 2.50 bits per heavy atom. The summed E-state index contributed by atoms with van der Waals surface area (Å²) in [5.74, 6) is -0.190. The summed E-state index contributed by atoms with van der Waals surface area (Å²) < 4.78 is 2.50. The number of aromatic hydroxyl groups is 1. The van der Waals surface area contributed by atoms with E-state index < -0.39 is 0 Å². The fourth-order valence-electron chi connectivity index (χ4n) is 3.10. The van der Waals surface area contributed by atoms with Gasteiger partial charge in [0, 0.05) is 27.7 Å². The Bertz CT molecular complexity index is 990. The molecule has 6 heteroatoms. The average Bonchev–Trinajstić information content (AvgIpc) is 2.87. The molecule has 134 valence electrons. The molecule has 0 radical (unpaired) electrons. The first-order chi connectivity index (χ1) is 12.4. The van der Waals surface area contributed by atoms with Gasteiger partial charge in [-0.2, -0.15) is 0 Å². The second kappa shape index (κ2) is 7.33. The van der Waals surface area contributed by atoms with Crippen LogP contribution in [0, 0.1) is 6.92 Å². The van der Waals surface area contributed by atoms with Crippen LogP contribution in [0.5, 0.6) is 5.75 Å². The molecule has 0 fully saturated rings. The van der Waals surface area contributed by atoms with Crippen LogP contribution in [-0.2, 0) is 11.2 Å². The summed E-state index contributed by atoms with van der Waals surface area (Å²) in [5, 5.41) is 13.4.